The number of hydrogen-bond acceptors (Lipinski definition) is 5. The first-order chi connectivity index (χ1) is 10.6. The van der Waals surface area contributed by atoms with Crippen molar-refractivity contribution >= 4 is 28.7 Å². The van der Waals surface area contributed by atoms with Crippen molar-refractivity contribution in [3.8, 4) is 0 Å². The number of thiazole rings is 1. The monoisotopic (exact) mass is 337 g/mol. The van der Waals surface area contributed by atoms with Gasteiger partial charge in [0.2, 0.25) is 0 Å². The van der Waals surface area contributed by atoms with Crippen molar-refractivity contribution in [3.05, 3.63) is 38.0 Å². The van der Waals surface area contributed by atoms with E-state index in [1.54, 1.807) is 22.7 Å². The topological polar surface area (TPSA) is 63.2 Å². The number of hydrogen-bond donors (Lipinski definition) is 2. The molecule has 1 aliphatic heterocycles. The summed E-state index contributed by atoms with van der Waals surface area (Å²) in [7, 11) is 0. The van der Waals surface area contributed by atoms with Gasteiger partial charge in [-0.1, -0.05) is 0 Å². The molecule has 2 aromatic heterocycles. The van der Waals surface area contributed by atoms with Gasteiger partial charge in [-0.2, -0.15) is 0 Å². The van der Waals surface area contributed by atoms with E-state index in [1.807, 2.05) is 20.0 Å². The number of rotatable bonds is 4. The third kappa shape index (κ3) is 3.48. The molecular weight excluding hydrogens is 318 g/mol. The zero-order valence-corrected chi connectivity index (χ0v) is 14.2. The molecule has 118 valence electrons. The van der Waals surface area contributed by atoms with E-state index >= 15 is 0 Å². The number of carbonyl (C=O) groups is 1. The van der Waals surface area contributed by atoms with Crippen LogP contribution < -0.4 is 10.6 Å². The summed E-state index contributed by atoms with van der Waals surface area (Å²) in [5.41, 5.74) is 1.21. The molecule has 2 aromatic rings. The number of aromatic nitrogens is 1. The van der Waals surface area contributed by atoms with E-state index in [4.69, 9.17) is 4.74 Å². The summed E-state index contributed by atoms with van der Waals surface area (Å²) in [5, 5.41) is 8.81. The van der Waals surface area contributed by atoms with Gasteiger partial charge in [0.1, 0.15) is 11.1 Å². The largest absolute Gasteiger partial charge is 0.371 e. The second-order valence-corrected chi connectivity index (χ2v) is 7.56. The van der Waals surface area contributed by atoms with Gasteiger partial charge in [-0.15, -0.1) is 22.7 Å². The first-order valence-corrected chi connectivity index (χ1v) is 8.97. The van der Waals surface area contributed by atoms with Gasteiger partial charge in [-0.25, -0.2) is 9.78 Å². The zero-order chi connectivity index (χ0) is 15.5. The lowest BCUT2D eigenvalue weighted by Crippen LogP contribution is -2.40. The van der Waals surface area contributed by atoms with Gasteiger partial charge < -0.3 is 15.4 Å². The van der Waals surface area contributed by atoms with Crippen molar-refractivity contribution in [2.75, 3.05) is 13.2 Å². The molecule has 0 bridgehead atoms. The Morgan fingerprint density at radius 3 is 3.23 bits per heavy atom. The van der Waals surface area contributed by atoms with E-state index in [0.717, 1.165) is 22.9 Å². The smallest absolute Gasteiger partial charge is 0.315 e. The second-order valence-electron chi connectivity index (χ2n) is 5.29. The minimum Gasteiger partial charge on any atom is -0.371 e. The number of thiophene rings is 1. The molecule has 0 unspecified atom stereocenters. The lowest BCUT2D eigenvalue weighted by molar-refractivity contribution is 0.0453. The predicted molar refractivity (Wildman–Crippen MR) is 88.5 cm³/mol. The summed E-state index contributed by atoms with van der Waals surface area (Å²) in [6, 6.07) is 1.80. The van der Waals surface area contributed by atoms with E-state index in [0.29, 0.717) is 6.54 Å². The van der Waals surface area contributed by atoms with Crippen LogP contribution in [0.25, 0.3) is 0 Å². The van der Waals surface area contributed by atoms with Crippen LogP contribution in [0.5, 0.6) is 0 Å². The molecule has 22 heavy (non-hydrogen) atoms. The maximum atomic E-state index is 12.0. The lowest BCUT2D eigenvalue weighted by atomic mass is 10.1. The highest BCUT2D eigenvalue weighted by Gasteiger charge is 2.22. The number of amides is 2. The average molecular weight is 337 g/mol. The number of fused-ring (bicyclic) bond motifs is 1. The lowest BCUT2D eigenvalue weighted by Gasteiger charge is -2.24. The van der Waals surface area contributed by atoms with Crippen LogP contribution in [-0.2, 0) is 11.2 Å². The van der Waals surface area contributed by atoms with E-state index in [1.165, 1.54) is 10.4 Å². The quantitative estimate of drug-likeness (QED) is 0.900. The first-order valence-electron chi connectivity index (χ1n) is 7.28. The summed E-state index contributed by atoms with van der Waals surface area (Å²) in [6.07, 6.45) is 2.75. The summed E-state index contributed by atoms with van der Waals surface area (Å²) >= 11 is 3.36. The van der Waals surface area contributed by atoms with Gasteiger partial charge in [-0.05, 0) is 30.9 Å². The zero-order valence-electron chi connectivity index (χ0n) is 12.6. The maximum absolute atomic E-state index is 12.0. The molecule has 0 saturated heterocycles. The number of nitrogens with one attached hydrogen (secondary N) is 2. The van der Waals surface area contributed by atoms with E-state index in [9.17, 15) is 4.79 Å². The van der Waals surface area contributed by atoms with Crippen LogP contribution in [-0.4, -0.2) is 24.2 Å². The van der Waals surface area contributed by atoms with Crippen LogP contribution in [0.15, 0.2) is 17.6 Å². The fraction of sp³-hybridized carbons (Fsp3) is 0.467. The average Bonchev–Trinajstić information content (AvgIpc) is 3.13. The molecule has 0 aliphatic carbocycles. The number of carbonyl (C=O) groups excluding carboxylic acids is 1. The number of aryl methyl sites for hydroxylation is 1. The van der Waals surface area contributed by atoms with Crippen LogP contribution in [0.3, 0.4) is 0 Å². The van der Waals surface area contributed by atoms with Crippen LogP contribution >= 0.6 is 22.7 Å². The van der Waals surface area contributed by atoms with Crippen molar-refractivity contribution < 1.29 is 9.53 Å². The molecule has 3 heterocycles. The Kier molecular flexibility index (Phi) is 4.75. The Balaban J connectivity index is 1.51. The van der Waals surface area contributed by atoms with Crippen molar-refractivity contribution in [3.63, 3.8) is 0 Å². The molecule has 2 amide bonds. The standard InChI is InChI=1S/C15H19N3O2S2/c1-9-7-16-14(22-9)10(2)18-15(19)17-8-12-11-4-6-21-13(11)3-5-20-12/h4,6-7,10,12H,3,5,8H2,1-2H3,(H2,17,18,19)/t10-,12+/m1/s1. The fourth-order valence-corrected chi connectivity index (χ4v) is 4.15. The van der Waals surface area contributed by atoms with E-state index < -0.39 is 0 Å². The Labute approximate surface area is 137 Å². The predicted octanol–water partition coefficient (Wildman–Crippen LogP) is 3.19. The van der Waals surface area contributed by atoms with Gasteiger partial charge in [0.15, 0.2) is 0 Å². The van der Waals surface area contributed by atoms with Gasteiger partial charge in [0.05, 0.1) is 12.6 Å². The molecule has 0 spiro atoms. The molecule has 2 N–H and O–H groups in total. The Morgan fingerprint density at radius 1 is 1.59 bits per heavy atom. The molecule has 5 nitrogen and oxygen atoms in total. The molecule has 7 heteroatoms. The number of nitrogens with zero attached hydrogens (tertiary/aromatic N) is 1. The van der Waals surface area contributed by atoms with Gasteiger partial charge >= 0.3 is 6.03 Å². The fourth-order valence-electron chi connectivity index (χ4n) is 2.46. The SMILES string of the molecule is Cc1cnc([C@@H](C)NC(=O)NC[C@@H]2OCCc3sccc32)s1. The van der Waals surface area contributed by atoms with Crippen molar-refractivity contribution in [1.82, 2.24) is 15.6 Å². The van der Waals surface area contributed by atoms with E-state index in [2.05, 4.69) is 27.1 Å². The second kappa shape index (κ2) is 6.76. The molecule has 2 atom stereocenters. The van der Waals surface area contributed by atoms with Gasteiger partial charge in [0, 0.05) is 28.9 Å². The van der Waals surface area contributed by atoms with Gasteiger partial charge in [0.25, 0.3) is 0 Å². The summed E-state index contributed by atoms with van der Waals surface area (Å²) in [4.78, 5) is 18.8. The third-order valence-electron chi connectivity index (χ3n) is 3.58. The molecule has 0 radical (unpaired) electrons. The van der Waals surface area contributed by atoms with Gasteiger partial charge in [-0.3, -0.25) is 0 Å². The minimum absolute atomic E-state index is 0.0434. The minimum atomic E-state index is -0.189. The summed E-state index contributed by atoms with van der Waals surface area (Å²) in [6.45, 7) is 5.15. The molecule has 3 rings (SSSR count). The Bertz CT molecular complexity index is 653. The number of urea groups is 1. The molecular formula is C15H19N3O2S2. The molecule has 0 fully saturated rings. The van der Waals surface area contributed by atoms with Crippen LogP contribution in [0, 0.1) is 6.92 Å². The molecule has 0 saturated carbocycles. The Morgan fingerprint density at radius 2 is 2.45 bits per heavy atom. The summed E-state index contributed by atoms with van der Waals surface area (Å²) in [5.74, 6) is 0. The van der Waals surface area contributed by atoms with Crippen LogP contribution in [0.4, 0.5) is 4.79 Å². The first kappa shape index (κ1) is 15.5. The highest BCUT2D eigenvalue weighted by Crippen LogP contribution is 2.30. The van der Waals surface area contributed by atoms with E-state index in [-0.39, 0.29) is 18.2 Å². The molecule has 1 aliphatic rings. The highest BCUT2D eigenvalue weighted by molar-refractivity contribution is 7.11. The molecule has 0 aromatic carbocycles. The van der Waals surface area contributed by atoms with Crippen LogP contribution in [0.1, 0.15) is 39.4 Å². The Hall–Kier alpha value is -1.44. The maximum Gasteiger partial charge on any atom is 0.315 e. The third-order valence-corrected chi connectivity index (χ3v) is 5.67. The van der Waals surface area contributed by atoms with Crippen molar-refractivity contribution in [2.24, 2.45) is 0 Å². The number of ether oxygens (including phenoxy) is 1. The highest BCUT2D eigenvalue weighted by atomic mass is 32.1. The van der Waals surface area contributed by atoms with Crippen molar-refractivity contribution in [1.29, 1.82) is 0 Å². The van der Waals surface area contributed by atoms with Crippen LogP contribution in [0.2, 0.25) is 0 Å². The normalized spacial score (nSPS) is 18.5. The summed E-state index contributed by atoms with van der Waals surface area (Å²) < 4.78 is 5.76. The van der Waals surface area contributed by atoms with Crippen molar-refractivity contribution in [2.45, 2.75) is 32.4 Å².